The van der Waals surface area contributed by atoms with Crippen LogP contribution >= 0.6 is 11.6 Å². The van der Waals surface area contributed by atoms with Gasteiger partial charge in [0, 0.05) is 23.2 Å². The van der Waals surface area contributed by atoms with Crippen molar-refractivity contribution in [1.82, 2.24) is 4.90 Å². The standard InChI is InChI=1S/C14H17ClN2O3/c1-9-4-3-5-10(2)16(9)14(18)12-8-11(15)6-7-13(12)17(19)20/h6-10H,3-5H2,1-2H3/t9-,10+. The fraction of sp³-hybridized carbons (Fsp3) is 0.500. The molecule has 1 heterocycles. The number of amides is 1. The number of rotatable bonds is 2. The van der Waals surface area contributed by atoms with E-state index in [1.54, 1.807) is 4.90 Å². The van der Waals surface area contributed by atoms with Gasteiger partial charge in [-0.15, -0.1) is 0 Å². The van der Waals surface area contributed by atoms with E-state index in [0.717, 1.165) is 19.3 Å². The molecule has 1 aromatic rings. The maximum absolute atomic E-state index is 12.7. The quantitative estimate of drug-likeness (QED) is 0.618. The lowest BCUT2D eigenvalue weighted by Gasteiger charge is -2.39. The molecule has 0 spiro atoms. The summed E-state index contributed by atoms with van der Waals surface area (Å²) in [4.78, 5) is 24.9. The Morgan fingerprint density at radius 2 is 1.95 bits per heavy atom. The van der Waals surface area contributed by atoms with E-state index in [-0.39, 0.29) is 29.2 Å². The van der Waals surface area contributed by atoms with Gasteiger partial charge in [-0.1, -0.05) is 11.6 Å². The number of nitro benzene ring substituents is 1. The first kappa shape index (κ1) is 14.8. The normalized spacial score (nSPS) is 22.6. The smallest absolute Gasteiger partial charge is 0.282 e. The SMILES string of the molecule is C[C@@H]1CCC[C@H](C)N1C(=O)c1cc(Cl)ccc1[N+](=O)[O-]. The highest BCUT2D eigenvalue weighted by atomic mass is 35.5. The molecule has 2 atom stereocenters. The van der Waals surface area contributed by atoms with Crippen LogP contribution in [0.25, 0.3) is 0 Å². The van der Waals surface area contributed by atoms with Crippen molar-refractivity contribution in [3.8, 4) is 0 Å². The van der Waals surface area contributed by atoms with E-state index in [9.17, 15) is 14.9 Å². The van der Waals surface area contributed by atoms with Gasteiger partial charge in [0.2, 0.25) is 0 Å². The number of piperidine rings is 1. The lowest BCUT2D eigenvalue weighted by molar-refractivity contribution is -0.385. The van der Waals surface area contributed by atoms with Crippen molar-refractivity contribution in [1.29, 1.82) is 0 Å². The zero-order valence-electron chi connectivity index (χ0n) is 11.5. The Hall–Kier alpha value is -1.62. The first-order valence-electron chi connectivity index (χ1n) is 6.68. The Balaban J connectivity index is 2.42. The highest BCUT2D eigenvalue weighted by molar-refractivity contribution is 6.31. The first-order valence-corrected chi connectivity index (χ1v) is 7.06. The van der Waals surface area contributed by atoms with E-state index in [2.05, 4.69) is 0 Å². The van der Waals surface area contributed by atoms with Crippen molar-refractivity contribution >= 4 is 23.2 Å². The summed E-state index contributed by atoms with van der Waals surface area (Å²) in [5.41, 5.74) is -0.118. The number of nitro groups is 1. The zero-order valence-corrected chi connectivity index (χ0v) is 12.3. The van der Waals surface area contributed by atoms with Crippen molar-refractivity contribution in [2.75, 3.05) is 0 Å². The van der Waals surface area contributed by atoms with Crippen LogP contribution in [-0.2, 0) is 0 Å². The molecule has 0 aromatic heterocycles. The van der Waals surface area contributed by atoms with Crippen molar-refractivity contribution in [2.45, 2.75) is 45.2 Å². The number of carbonyl (C=O) groups is 1. The molecular formula is C14H17ClN2O3. The van der Waals surface area contributed by atoms with Gasteiger partial charge < -0.3 is 4.90 Å². The summed E-state index contributed by atoms with van der Waals surface area (Å²) in [6.45, 7) is 3.95. The second-order valence-electron chi connectivity index (χ2n) is 5.26. The Labute approximate surface area is 122 Å². The summed E-state index contributed by atoms with van der Waals surface area (Å²) >= 11 is 5.88. The number of halogens is 1. The molecule has 6 heteroatoms. The molecule has 1 fully saturated rings. The minimum absolute atomic E-state index is 0.0723. The van der Waals surface area contributed by atoms with Gasteiger partial charge in [0.15, 0.2) is 0 Å². The number of hydrogen-bond acceptors (Lipinski definition) is 3. The predicted molar refractivity (Wildman–Crippen MR) is 77.1 cm³/mol. The van der Waals surface area contributed by atoms with Gasteiger partial charge in [0.1, 0.15) is 5.56 Å². The maximum Gasteiger partial charge on any atom is 0.282 e. The summed E-state index contributed by atoms with van der Waals surface area (Å²) in [6.07, 6.45) is 2.92. The Morgan fingerprint density at radius 3 is 2.50 bits per heavy atom. The maximum atomic E-state index is 12.7. The number of hydrogen-bond donors (Lipinski definition) is 0. The third-order valence-electron chi connectivity index (χ3n) is 3.81. The molecule has 1 aliphatic rings. The average Bonchev–Trinajstić information content (AvgIpc) is 2.37. The minimum atomic E-state index is -0.539. The van der Waals surface area contributed by atoms with Gasteiger partial charge in [0.25, 0.3) is 11.6 Å². The van der Waals surface area contributed by atoms with Crippen LogP contribution in [0.1, 0.15) is 43.5 Å². The van der Waals surface area contributed by atoms with Crippen molar-refractivity contribution in [3.63, 3.8) is 0 Å². The Morgan fingerprint density at radius 1 is 1.35 bits per heavy atom. The molecule has 1 amide bonds. The fourth-order valence-electron chi connectivity index (χ4n) is 2.80. The third kappa shape index (κ3) is 2.77. The Bertz CT molecular complexity index is 537. The lowest BCUT2D eigenvalue weighted by atomic mass is 9.96. The van der Waals surface area contributed by atoms with E-state index < -0.39 is 4.92 Å². The molecule has 0 unspecified atom stereocenters. The van der Waals surface area contributed by atoms with Gasteiger partial charge in [-0.05, 0) is 45.2 Å². The van der Waals surface area contributed by atoms with Crippen LogP contribution in [0, 0.1) is 10.1 Å². The molecule has 0 N–H and O–H groups in total. The molecule has 0 saturated carbocycles. The van der Waals surface area contributed by atoms with Gasteiger partial charge in [0.05, 0.1) is 4.92 Å². The summed E-state index contributed by atoms with van der Waals surface area (Å²) < 4.78 is 0. The fourth-order valence-corrected chi connectivity index (χ4v) is 2.97. The second-order valence-corrected chi connectivity index (χ2v) is 5.70. The van der Waals surface area contributed by atoms with Crippen LogP contribution < -0.4 is 0 Å². The van der Waals surface area contributed by atoms with Crippen LogP contribution in [0.2, 0.25) is 5.02 Å². The molecule has 5 nitrogen and oxygen atoms in total. The Kier molecular flexibility index (Phi) is 4.28. The van der Waals surface area contributed by atoms with E-state index in [1.807, 2.05) is 13.8 Å². The minimum Gasteiger partial charge on any atom is -0.333 e. The molecule has 2 rings (SSSR count). The molecule has 1 aliphatic heterocycles. The number of likely N-dealkylation sites (tertiary alicyclic amines) is 1. The summed E-state index contributed by atoms with van der Waals surface area (Å²) in [7, 11) is 0. The van der Waals surface area contributed by atoms with Crippen molar-refractivity contribution in [2.24, 2.45) is 0 Å². The van der Waals surface area contributed by atoms with Gasteiger partial charge >= 0.3 is 0 Å². The molecule has 1 aromatic carbocycles. The zero-order chi connectivity index (χ0) is 14.9. The molecule has 20 heavy (non-hydrogen) atoms. The molecule has 108 valence electrons. The number of nitrogens with zero attached hydrogens (tertiary/aromatic N) is 2. The lowest BCUT2D eigenvalue weighted by Crippen LogP contribution is -2.47. The van der Waals surface area contributed by atoms with Crippen LogP contribution in [0.5, 0.6) is 0 Å². The van der Waals surface area contributed by atoms with E-state index in [1.165, 1.54) is 18.2 Å². The van der Waals surface area contributed by atoms with E-state index >= 15 is 0 Å². The number of carbonyl (C=O) groups excluding carboxylic acids is 1. The van der Waals surface area contributed by atoms with Crippen LogP contribution in [0.3, 0.4) is 0 Å². The predicted octanol–water partition coefficient (Wildman–Crippen LogP) is 3.65. The van der Waals surface area contributed by atoms with E-state index in [0.29, 0.717) is 5.02 Å². The summed E-state index contributed by atoms with van der Waals surface area (Å²) in [5.74, 6) is -0.307. The highest BCUT2D eigenvalue weighted by Crippen LogP contribution is 2.29. The number of benzene rings is 1. The summed E-state index contributed by atoms with van der Waals surface area (Å²) in [6, 6.07) is 4.28. The molecule has 0 aliphatic carbocycles. The van der Waals surface area contributed by atoms with Crippen LogP contribution in [0.4, 0.5) is 5.69 Å². The second kappa shape index (κ2) is 5.79. The molecular weight excluding hydrogens is 280 g/mol. The van der Waals surface area contributed by atoms with Gasteiger partial charge in [-0.25, -0.2) is 0 Å². The highest BCUT2D eigenvalue weighted by Gasteiger charge is 2.33. The van der Waals surface area contributed by atoms with Gasteiger partial charge in [-0.2, -0.15) is 0 Å². The molecule has 1 saturated heterocycles. The first-order chi connectivity index (χ1) is 9.41. The van der Waals surface area contributed by atoms with Crippen molar-refractivity contribution < 1.29 is 9.72 Å². The third-order valence-corrected chi connectivity index (χ3v) is 4.05. The average molecular weight is 297 g/mol. The largest absolute Gasteiger partial charge is 0.333 e. The van der Waals surface area contributed by atoms with Gasteiger partial charge in [-0.3, -0.25) is 14.9 Å². The summed E-state index contributed by atoms with van der Waals surface area (Å²) in [5, 5.41) is 11.4. The van der Waals surface area contributed by atoms with Crippen molar-refractivity contribution in [3.05, 3.63) is 38.9 Å². The molecule has 0 bridgehead atoms. The molecule has 0 radical (unpaired) electrons. The topological polar surface area (TPSA) is 63.5 Å². The monoisotopic (exact) mass is 296 g/mol. The van der Waals surface area contributed by atoms with Crippen LogP contribution in [-0.4, -0.2) is 27.8 Å². The van der Waals surface area contributed by atoms with E-state index in [4.69, 9.17) is 11.6 Å². The van der Waals surface area contributed by atoms with Crippen LogP contribution in [0.15, 0.2) is 18.2 Å².